The van der Waals surface area contributed by atoms with Crippen LogP contribution in [0.15, 0.2) is 53.2 Å². The number of benzene rings is 1. The number of halogens is 8. The van der Waals surface area contributed by atoms with Crippen molar-refractivity contribution in [2.75, 3.05) is 6.54 Å². The van der Waals surface area contributed by atoms with Crippen molar-refractivity contribution >= 4 is 58.2 Å². The van der Waals surface area contributed by atoms with E-state index in [1.807, 2.05) is 0 Å². The second-order valence-corrected chi connectivity index (χ2v) is 9.35. The topological polar surface area (TPSA) is 58.2 Å². The van der Waals surface area contributed by atoms with Crippen molar-refractivity contribution < 1.29 is 27.2 Å². The minimum atomic E-state index is -4.92. The first-order valence-electron chi connectivity index (χ1n) is 9.44. The van der Waals surface area contributed by atoms with Crippen molar-refractivity contribution in [3.8, 4) is 0 Å². The smallest absolute Gasteiger partial charge is 0.356 e. The van der Waals surface area contributed by atoms with Crippen LogP contribution in [0.1, 0.15) is 24.8 Å². The Labute approximate surface area is 207 Å². The molecular weight excluding hydrogens is 530 g/mol. The fourth-order valence-electron chi connectivity index (χ4n) is 3.10. The van der Waals surface area contributed by atoms with Crippen LogP contribution in [-0.4, -0.2) is 28.9 Å². The number of hydrogen-bond donors (Lipinski definition) is 2. The van der Waals surface area contributed by atoms with Crippen LogP contribution in [0.25, 0.3) is 0 Å². The first-order valence-corrected chi connectivity index (χ1v) is 11.0. The minimum absolute atomic E-state index is 0.198. The Bertz CT molecular complexity index is 1020. The summed E-state index contributed by atoms with van der Waals surface area (Å²) in [6.45, 7) is 5.21. The van der Waals surface area contributed by atoms with Gasteiger partial charge in [0.15, 0.2) is 0 Å². The van der Waals surface area contributed by atoms with Gasteiger partial charge in [0.1, 0.15) is 10.2 Å². The zero-order valence-electron chi connectivity index (χ0n) is 17.0. The first-order chi connectivity index (χ1) is 15.2. The molecule has 180 valence electrons. The molecule has 0 saturated heterocycles. The molecule has 2 N–H and O–H groups in total. The number of allylic oxidation sites excluding steroid dienone is 3. The van der Waals surface area contributed by atoms with Gasteiger partial charge in [-0.1, -0.05) is 35.8 Å². The summed E-state index contributed by atoms with van der Waals surface area (Å²) in [6.07, 6.45) is -4.10. The number of amides is 2. The predicted octanol–water partition coefficient (Wildman–Crippen LogP) is 6.13. The van der Waals surface area contributed by atoms with Crippen molar-refractivity contribution in [2.45, 2.75) is 29.8 Å². The van der Waals surface area contributed by atoms with Gasteiger partial charge in [0.25, 0.3) is 0 Å². The number of alkyl halides is 5. The van der Waals surface area contributed by atoms with E-state index >= 15 is 0 Å². The SMILES string of the molecule is C=C/C(=C\C(=C(\Cl)CC(=O)NCC)C(F)(F)F)NC(=O)C1C(c2ccc(F)c(Cl)c2)C1(Cl)Cl. The van der Waals surface area contributed by atoms with Crippen LogP contribution in [0.4, 0.5) is 17.6 Å². The molecule has 0 spiro atoms. The third-order valence-corrected chi connectivity index (χ3v) is 6.28. The van der Waals surface area contributed by atoms with Gasteiger partial charge in [-0.05, 0) is 36.8 Å². The van der Waals surface area contributed by atoms with Crippen LogP contribution in [0.5, 0.6) is 0 Å². The molecule has 12 heteroatoms. The van der Waals surface area contributed by atoms with E-state index in [0.29, 0.717) is 11.6 Å². The lowest BCUT2D eigenvalue weighted by atomic mass is 10.1. The van der Waals surface area contributed by atoms with Crippen LogP contribution < -0.4 is 10.6 Å². The lowest BCUT2D eigenvalue weighted by molar-refractivity contribution is -0.122. The second kappa shape index (κ2) is 10.7. The van der Waals surface area contributed by atoms with E-state index < -0.39 is 57.0 Å². The van der Waals surface area contributed by atoms with Gasteiger partial charge in [0.2, 0.25) is 11.8 Å². The molecule has 2 atom stereocenters. The molecule has 33 heavy (non-hydrogen) atoms. The molecule has 2 amide bonds. The Morgan fingerprint density at radius 2 is 1.91 bits per heavy atom. The fourth-order valence-corrected chi connectivity index (χ4v) is 4.41. The first kappa shape index (κ1) is 27.5. The Kier molecular flexibility index (Phi) is 8.90. The highest BCUT2D eigenvalue weighted by molar-refractivity contribution is 6.53. The molecule has 2 rings (SSSR count). The van der Waals surface area contributed by atoms with Gasteiger partial charge in [-0.25, -0.2) is 4.39 Å². The largest absolute Gasteiger partial charge is 0.417 e. The van der Waals surface area contributed by atoms with Gasteiger partial charge >= 0.3 is 6.18 Å². The van der Waals surface area contributed by atoms with Crippen LogP contribution in [0, 0.1) is 11.7 Å². The average molecular weight is 548 g/mol. The standard InChI is InChI=1S/C21H18Cl4F4N2O2/c1-3-11(8-12(21(27,28)29)13(22)9-16(32)30-4-2)31-19(33)18-17(20(18,24)25)10-5-6-15(26)14(23)7-10/h3,5-8,17-18H,1,4,9H2,2H3,(H,30,32)(H,31,33)/b11-8+,13-12-. The summed E-state index contributed by atoms with van der Waals surface area (Å²) in [5.74, 6) is -4.00. The molecule has 1 aromatic carbocycles. The van der Waals surface area contributed by atoms with Gasteiger partial charge in [0, 0.05) is 23.2 Å². The number of rotatable bonds is 8. The zero-order valence-corrected chi connectivity index (χ0v) is 20.0. The molecule has 0 radical (unpaired) electrons. The predicted molar refractivity (Wildman–Crippen MR) is 121 cm³/mol. The summed E-state index contributed by atoms with van der Waals surface area (Å²) in [7, 11) is 0. The second-order valence-electron chi connectivity index (χ2n) is 7.04. The van der Waals surface area contributed by atoms with Gasteiger partial charge < -0.3 is 10.6 Å². The van der Waals surface area contributed by atoms with Crippen LogP contribution in [-0.2, 0) is 9.59 Å². The number of hydrogen-bond acceptors (Lipinski definition) is 2. The molecule has 4 nitrogen and oxygen atoms in total. The van der Waals surface area contributed by atoms with E-state index in [9.17, 15) is 27.2 Å². The normalized spacial score (nSPS) is 20.6. The molecule has 0 aromatic heterocycles. The molecule has 1 saturated carbocycles. The summed E-state index contributed by atoms with van der Waals surface area (Å²) in [6, 6.07) is 3.71. The number of carbonyl (C=O) groups is 2. The minimum Gasteiger partial charge on any atom is -0.356 e. The highest BCUT2D eigenvalue weighted by Crippen LogP contribution is 2.65. The maximum atomic E-state index is 13.5. The van der Waals surface area contributed by atoms with Crippen LogP contribution >= 0.6 is 46.4 Å². The van der Waals surface area contributed by atoms with E-state index in [-0.39, 0.29) is 17.3 Å². The van der Waals surface area contributed by atoms with E-state index in [2.05, 4.69) is 17.2 Å². The third kappa shape index (κ3) is 6.66. The zero-order chi connectivity index (χ0) is 25.1. The van der Waals surface area contributed by atoms with Crippen molar-refractivity contribution in [1.82, 2.24) is 10.6 Å². The quantitative estimate of drug-likeness (QED) is 0.233. The van der Waals surface area contributed by atoms with E-state index in [0.717, 1.165) is 12.1 Å². The number of carbonyl (C=O) groups excluding carboxylic acids is 2. The highest BCUT2D eigenvalue weighted by Gasteiger charge is 2.67. The monoisotopic (exact) mass is 546 g/mol. The van der Waals surface area contributed by atoms with Crippen molar-refractivity contribution in [1.29, 1.82) is 0 Å². The van der Waals surface area contributed by atoms with Gasteiger partial charge in [-0.3, -0.25) is 9.59 Å². The molecule has 0 heterocycles. The molecular formula is C21H18Cl4F4N2O2. The molecule has 0 bridgehead atoms. The van der Waals surface area contributed by atoms with Crippen molar-refractivity contribution in [3.63, 3.8) is 0 Å². The van der Waals surface area contributed by atoms with Gasteiger partial charge in [-0.2, -0.15) is 13.2 Å². The summed E-state index contributed by atoms with van der Waals surface area (Å²) >= 11 is 23.9. The molecule has 1 fully saturated rings. The summed E-state index contributed by atoms with van der Waals surface area (Å²) in [5.41, 5.74) is -1.28. The molecule has 2 unspecified atom stereocenters. The van der Waals surface area contributed by atoms with E-state index in [4.69, 9.17) is 46.4 Å². The molecule has 0 aliphatic heterocycles. The summed E-state index contributed by atoms with van der Waals surface area (Å²) in [5, 5.41) is 3.66. The maximum Gasteiger partial charge on any atom is 0.417 e. The Balaban J connectivity index is 2.29. The Morgan fingerprint density at radius 3 is 2.42 bits per heavy atom. The van der Waals surface area contributed by atoms with Crippen LogP contribution in [0.3, 0.4) is 0 Å². The summed E-state index contributed by atoms with van der Waals surface area (Å²) in [4.78, 5) is 24.4. The highest BCUT2D eigenvalue weighted by atomic mass is 35.5. The van der Waals surface area contributed by atoms with E-state index in [1.165, 1.54) is 12.1 Å². The third-order valence-electron chi connectivity index (χ3n) is 4.71. The average Bonchev–Trinajstić information content (AvgIpc) is 3.28. The Morgan fingerprint density at radius 1 is 1.27 bits per heavy atom. The maximum absolute atomic E-state index is 13.5. The summed E-state index contributed by atoms with van der Waals surface area (Å²) < 4.78 is 52.5. The Hall–Kier alpha value is -1.74. The van der Waals surface area contributed by atoms with Gasteiger partial charge in [0.05, 0.1) is 22.9 Å². The molecule has 1 aliphatic rings. The lowest BCUT2D eigenvalue weighted by Gasteiger charge is -2.13. The van der Waals surface area contributed by atoms with E-state index in [1.54, 1.807) is 6.92 Å². The van der Waals surface area contributed by atoms with Gasteiger partial charge in [-0.15, -0.1) is 23.2 Å². The van der Waals surface area contributed by atoms with Crippen molar-refractivity contribution in [3.05, 3.63) is 69.6 Å². The fraction of sp³-hybridized carbons (Fsp3) is 0.333. The molecule has 1 aromatic rings. The van der Waals surface area contributed by atoms with Crippen molar-refractivity contribution in [2.24, 2.45) is 5.92 Å². The lowest BCUT2D eigenvalue weighted by Crippen LogP contribution is -2.27. The van der Waals surface area contributed by atoms with Crippen LogP contribution in [0.2, 0.25) is 5.02 Å². The molecule has 1 aliphatic carbocycles. The number of nitrogens with one attached hydrogen (secondary N) is 2.